The summed E-state index contributed by atoms with van der Waals surface area (Å²) in [4.78, 5) is 13.0. The Morgan fingerprint density at radius 3 is 2.86 bits per heavy atom. The van der Waals surface area contributed by atoms with Crippen molar-refractivity contribution in [1.29, 1.82) is 0 Å². The molecule has 1 aromatic rings. The van der Waals surface area contributed by atoms with E-state index in [1.807, 2.05) is 18.2 Å². The summed E-state index contributed by atoms with van der Waals surface area (Å²) in [5.74, 6) is 0. The van der Waals surface area contributed by atoms with Crippen molar-refractivity contribution in [3.8, 4) is 0 Å². The van der Waals surface area contributed by atoms with Gasteiger partial charge in [0.15, 0.2) is 0 Å². The van der Waals surface area contributed by atoms with Crippen LogP contribution in [0.15, 0.2) is 30.3 Å². The second-order valence-electron chi connectivity index (χ2n) is 5.33. The summed E-state index contributed by atoms with van der Waals surface area (Å²) in [5, 5.41) is 14.4. The molecular weight excluding hydrogens is 290 g/mol. The largest absolute Gasteiger partial charge is 0.311 e. The molecule has 1 aromatic carbocycles. The normalized spacial score (nSPS) is 23.0. The predicted molar refractivity (Wildman–Crippen MR) is 87.9 cm³/mol. The summed E-state index contributed by atoms with van der Waals surface area (Å²) in [5.41, 5.74) is 0.818. The van der Waals surface area contributed by atoms with Gasteiger partial charge in [-0.05, 0) is 19.9 Å². The van der Waals surface area contributed by atoms with Crippen molar-refractivity contribution in [2.24, 2.45) is 0 Å². The molecule has 1 aliphatic rings. The summed E-state index contributed by atoms with van der Waals surface area (Å²) in [6, 6.07) is 7.80. The Balaban J connectivity index is 0.00000220. The van der Waals surface area contributed by atoms with Crippen LogP contribution >= 0.6 is 12.4 Å². The lowest BCUT2D eigenvalue weighted by Gasteiger charge is -2.36. The Labute approximate surface area is 131 Å². The van der Waals surface area contributed by atoms with Crippen molar-refractivity contribution in [3.63, 3.8) is 0 Å². The number of halogens is 1. The lowest BCUT2D eigenvalue weighted by atomic mass is 10.1. The van der Waals surface area contributed by atoms with E-state index in [1.165, 1.54) is 6.07 Å². The fraction of sp³-hybridized carbons (Fsp3) is 0.467. The lowest BCUT2D eigenvalue weighted by Crippen LogP contribution is -2.54. The van der Waals surface area contributed by atoms with Gasteiger partial charge in [0, 0.05) is 37.8 Å². The third-order valence-corrected chi connectivity index (χ3v) is 3.66. The molecule has 0 saturated carbocycles. The van der Waals surface area contributed by atoms with Crippen LogP contribution < -0.4 is 5.32 Å². The van der Waals surface area contributed by atoms with Crippen LogP contribution in [0.4, 0.5) is 5.69 Å². The zero-order chi connectivity index (χ0) is 14.5. The first-order valence-corrected chi connectivity index (χ1v) is 6.95. The molecule has 2 atom stereocenters. The van der Waals surface area contributed by atoms with Crippen LogP contribution in [-0.4, -0.2) is 41.5 Å². The fourth-order valence-corrected chi connectivity index (χ4v) is 2.46. The van der Waals surface area contributed by atoms with Crippen molar-refractivity contribution >= 4 is 24.2 Å². The topological polar surface area (TPSA) is 58.4 Å². The number of rotatable bonds is 4. The van der Waals surface area contributed by atoms with Gasteiger partial charge < -0.3 is 5.32 Å². The highest BCUT2D eigenvalue weighted by molar-refractivity contribution is 5.85. The Morgan fingerprint density at radius 2 is 2.14 bits per heavy atom. The van der Waals surface area contributed by atoms with Gasteiger partial charge in [-0.1, -0.05) is 24.3 Å². The number of nitrogens with one attached hydrogen (secondary N) is 1. The minimum absolute atomic E-state index is 0. The van der Waals surface area contributed by atoms with E-state index in [9.17, 15) is 10.1 Å². The van der Waals surface area contributed by atoms with Crippen molar-refractivity contribution in [1.82, 2.24) is 10.2 Å². The van der Waals surface area contributed by atoms with Gasteiger partial charge in [-0.2, -0.15) is 0 Å². The van der Waals surface area contributed by atoms with Crippen LogP contribution in [0.1, 0.15) is 19.4 Å². The first-order valence-electron chi connectivity index (χ1n) is 6.95. The molecule has 6 heteroatoms. The molecule has 0 bridgehead atoms. The average Bonchev–Trinajstić information content (AvgIpc) is 2.43. The number of nitro groups is 1. The van der Waals surface area contributed by atoms with E-state index in [1.54, 1.807) is 12.1 Å². The van der Waals surface area contributed by atoms with Gasteiger partial charge in [0.05, 0.1) is 10.5 Å². The number of hydrogen-bond donors (Lipinski definition) is 1. The second kappa shape index (κ2) is 8.12. The van der Waals surface area contributed by atoms with Gasteiger partial charge in [-0.25, -0.2) is 0 Å². The Morgan fingerprint density at radius 1 is 1.43 bits per heavy atom. The number of nitro benzene ring substituents is 1. The first kappa shape index (κ1) is 17.6. The standard InChI is InChI=1S/C15H21N3O2.ClH/c1-12-11-17(13(2)10-16-12)9-5-7-14-6-3-4-8-15(14)18(19)20;/h3-8,12-13,16H,9-11H2,1-2H3;1H/b7-5+;. The molecule has 0 radical (unpaired) electrons. The van der Waals surface area contributed by atoms with Gasteiger partial charge in [-0.15, -0.1) is 12.4 Å². The number of para-hydroxylation sites is 1. The zero-order valence-corrected chi connectivity index (χ0v) is 13.2. The molecule has 1 heterocycles. The van der Waals surface area contributed by atoms with Crippen LogP contribution in [-0.2, 0) is 0 Å². The molecule has 21 heavy (non-hydrogen) atoms. The lowest BCUT2D eigenvalue weighted by molar-refractivity contribution is -0.385. The van der Waals surface area contributed by atoms with Gasteiger partial charge in [0.2, 0.25) is 0 Å². The average molecular weight is 312 g/mol. The minimum atomic E-state index is -0.338. The monoisotopic (exact) mass is 311 g/mol. The van der Waals surface area contributed by atoms with Crippen molar-refractivity contribution in [2.45, 2.75) is 25.9 Å². The summed E-state index contributed by atoms with van der Waals surface area (Å²) < 4.78 is 0. The smallest absolute Gasteiger partial charge is 0.276 e. The highest BCUT2D eigenvalue weighted by atomic mass is 35.5. The summed E-state index contributed by atoms with van der Waals surface area (Å²) >= 11 is 0. The van der Waals surface area contributed by atoms with E-state index in [4.69, 9.17) is 0 Å². The summed E-state index contributed by atoms with van der Waals surface area (Å²) in [7, 11) is 0. The van der Waals surface area contributed by atoms with Crippen LogP contribution in [0.2, 0.25) is 0 Å². The van der Waals surface area contributed by atoms with E-state index >= 15 is 0 Å². The summed E-state index contributed by atoms with van der Waals surface area (Å²) in [6.07, 6.45) is 3.86. The number of nitrogens with zero attached hydrogens (tertiary/aromatic N) is 2. The SMILES string of the molecule is CC1CN(C/C=C/c2ccccc2[N+](=O)[O-])C(C)CN1.Cl. The third kappa shape index (κ3) is 4.81. The summed E-state index contributed by atoms with van der Waals surface area (Å²) in [6.45, 7) is 7.17. The third-order valence-electron chi connectivity index (χ3n) is 3.66. The van der Waals surface area contributed by atoms with Gasteiger partial charge in [0.1, 0.15) is 0 Å². The molecule has 1 fully saturated rings. The molecule has 1 N–H and O–H groups in total. The molecule has 5 nitrogen and oxygen atoms in total. The van der Waals surface area contributed by atoms with E-state index in [-0.39, 0.29) is 23.0 Å². The number of hydrogen-bond acceptors (Lipinski definition) is 4. The minimum Gasteiger partial charge on any atom is -0.311 e. The van der Waals surface area contributed by atoms with E-state index in [0.29, 0.717) is 17.6 Å². The van der Waals surface area contributed by atoms with E-state index in [0.717, 1.165) is 19.6 Å². The zero-order valence-electron chi connectivity index (χ0n) is 12.4. The molecule has 1 aliphatic heterocycles. The molecular formula is C15H22ClN3O2. The number of benzene rings is 1. The maximum atomic E-state index is 10.9. The quantitative estimate of drug-likeness (QED) is 0.686. The molecule has 0 spiro atoms. The molecule has 0 aliphatic carbocycles. The number of piperazine rings is 1. The van der Waals surface area contributed by atoms with Crippen LogP contribution in [0.5, 0.6) is 0 Å². The molecule has 0 aromatic heterocycles. The van der Waals surface area contributed by atoms with Gasteiger partial charge >= 0.3 is 0 Å². The highest BCUT2D eigenvalue weighted by Crippen LogP contribution is 2.19. The maximum Gasteiger partial charge on any atom is 0.276 e. The predicted octanol–water partition coefficient (Wildman–Crippen LogP) is 2.71. The fourth-order valence-electron chi connectivity index (χ4n) is 2.46. The Bertz CT molecular complexity index is 507. The van der Waals surface area contributed by atoms with Crippen molar-refractivity contribution in [3.05, 3.63) is 46.0 Å². The van der Waals surface area contributed by atoms with Gasteiger partial charge in [0.25, 0.3) is 5.69 Å². The Kier molecular flexibility index (Phi) is 6.81. The van der Waals surface area contributed by atoms with Crippen molar-refractivity contribution < 1.29 is 4.92 Å². The molecule has 2 unspecified atom stereocenters. The van der Waals surface area contributed by atoms with Crippen LogP contribution in [0.25, 0.3) is 6.08 Å². The van der Waals surface area contributed by atoms with E-state index in [2.05, 4.69) is 24.1 Å². The molecule has 1 saturated heterocycles. The first-order chi connectivity index (χ1) is 9.58. The molecule has 116 valence electrons. The van der Waals surface area contributed by atoms with Crippen LogP contribution in [0, 0.1) is 10.1 Å². The molecule has 2 rings (SSSR count). The van der Waals surface area contributed by atoms with Crippen LogP contribution in [0.3, 0.4) is 0 Å². The maximum absolute atomic E-state index is 10.9. The Hall–Kier alpha value is -1.43. The molecule has 0 amide bonds. The highest BCUT2D eigenvalue weighted by Gasteiger charge is 2.20. The van der Waals surface area contributed by atoms with Crippen molar-refractivity contribution in [2.75, 3.05) is 19.6 Å². The van der Waals surface area contributed by atoms with E-state index < -0.39 is 0 Å². The second-order valence-corrected chi connectivity index (χ2v) is 5.33. The van der Waals surface area contributed by atoms with Gasteiger partial charge in [-0.3, -0.25) is 15.0 Å².